The SMILES string of the molecule is C=C(CN(C)NC(=O)OC(C)(C)C)c1ccc(F)cc1. The first-order chi connectivity index (χ1) is 9.17. The molecule has 0 spiro atoms. The molecule has 4 nitrogen and oxygen atoms in total. The quantitative estimate of drug-likeness (QED) is 0.861. The van der Waals surface area contributed by atoms with E-state index in [-0.39, 0.29) is 5.82 Å². The molecule has 110 valence electrons. The van der Waals surface area contributed by atoms with Crippen molar-refractivity contribution in [2.75, 3.05) is 13.6 Å². The zero-order valence-corrected chi connectivity index (χ0v) is 12.4. The highest BCUT2D eigenvalue weighted by Crippen LogP contribution is 2.13. The van der Waals surface area contributed by atoms with E-state index in [9.17, 15) is 9.18 Å². The lowest BCUT2D eigenvalue weighted by Gasteiger charge is -2.24. The number of carbonyl (C=O) groups is 1. The largest absolute Gasteiger partial charge is 0.443 e. The van der Waals surface area contributed by atoms with E-state index >= 15 is 0 Å². The first-order valence-electron chi connectivity index (χ1n) is 6.32. The van der Waals surface area contributed by atoms with E-state index in [1.54, 1.807) is 45.0 Å². The van der Waals surface area contributed by atoms with Crippen LogP contribution in [-0.4, -0.2) is 30.3 Å². The molecule has 0 atom stereocenters. The van der Waals surface area contributed by atoms with E-state index in [1.807, 2.05) is 0 Å². The van der Waals surface area contributed by atoms with Gasteiger partial charge in [0.25, 0.3) is 0 Å². The molecule has 1 rings (SSSR count). The molecular weight excluding hydrogens is 259 g/mol. The molecule has 1 aromatic carbocycles. The summed E-state index contributed by atoms with van der Waals surface area (Å²) in [4.78, 5) is 11.6. The van der Waals surface area contributed by atoms with Crippen LogP contribution in [0.15, 0.2) is 30.8 Å². The Morgan fingerprint density at radius 1 is 1.35 bits per heavy atom. The van der Waals surface area contributed by atoms with E-state index in [0.29, 0.717) is 6.54 Å². The number of amides is 1. The first-order valence-corrected chi connectivity index (χ1v) is 6.32. The number of ether oxygens (including phenoxy) is 1. The second-order valence-electron chi connectivity index (χ2n) is 5.58. The Kier molecular flexibility index (Phi) is 5.27. The molecule has 0 fully saturated rings. The predicted octanol–water partition coefficient (Wildman–Crippen LogP) is 3.21. The minimum Gasteiger partial charge on any atom is -0.443 e. The van der Waals surface area contributed by atoms with E-state index in [1.165, 1.54) is 12.1 Å². The molecule has 0 aliphatic heterocycles. The van der Waals surface area contributed by atoms with Gasteiger partial charge in [0.05, 0.1) is 0 Å². The summed E-state index contributed by atoms with van der Waals surface area (Å²) in [5.74, 6) is -0.290. The van der Waals surface area contributed by atoms with Crippen LogP contribution >= 0.6 is 0 Å². The molecule has 1 amide bonds. The molecule has 5 heteroatoms. The summed E-state index contributed by atoms with van der Waals surface area (Å²) in [5.41, 5.74) is 3.63. The second-order valence-corrected chi connectivity index (χ2v) is 5.58. The van der Waals surface area contributed by atoms with E-state index in [4.69, 9.17) is 4.74 Å². The Morgan fingerprint density at radius 3 is 2.40 bits per heavy atom. The highest BCUT2D eigenvalue weighted by molar-refractivity contribution is 5.68. The number of halogens is 1. The summed E-state index contributed by atoms with van der Waals surface area (Å²) >= 11 is 0. The molecule has 0 unspecified atom stereocenters. The maximum atomic E-state index is 12.8. The number of likely N-dealkylation sites (N-methyl/N-ethyl adjacent to an activating group) is 1. The highest BCUT2D eigenvalue weighted by atomic mass is 19.1. The molecule has 20 heavy (non-hydrogen) atoms. The Labute approximate surface area is 119 Å². The van der Waals surface area contributed by atoms with Crippen molar-refractivity contribution in [2.45, 2.75) is 26.4 Å². The molecule has 1 N–H and O–H groups in total. The molecule has 0 aliphatic rings. The van der Waals surface area contributed by atoms with Gasteiger partial charge >= 0.3 is 6.09 Å². The summed E-state index contributed by atoms with van der Waals surface area (Å²) in [5, 5.41) is 1.57. The Hall–Kier alpha value is -1.88. The van der Waals surface area contributed by atoms with E-state index in [2.05, 4.69) is 12.0 Å². The van der Waals surface area contributed by atoms with Gasteiger partial charge in [-0.1, -0.05) is 18.7 Å². The summed E-state index contributed by atoms with van der Waals surface area (Å²) in [6.07, 6.45) is -0.521. The number of nitrogens with one attached hydrogen (secondary N) is 1. The monoisotopic (exact) mass is 280 g/mol. The predicted molar refractivity (Wildman–Crippen MR) is 77.4 cm³/mol. The summed E-state index contributed by atoms with van der Waals surface area (Å²) < 4.78 is 18.0. The maximum Gasteiger partial charge on any atom is 0.422 e. The summed E-state index contributed by atoms with van der Waals surface area (Å²) in [6.45, 7) is 9.71. The number of benzene rings is 1. The van der Waals surface area contributed by atoms with Gasteiger partial charge in [-0.05, 0) is 44.0 Å². The van der Waals surface area contributed by atoms with Gasteiger partial charge in [0.15, 0.2) is 0 Å². The van der Waals surface area contributed by atoms with Crippen molar-refractivity contribution in [1.82, 2.24) is 10.4 Å². The Balaban J connectivity index is 2.50. The van der Waals surface area contributed by atoms with Gasteiger partial charge in [-0.2, -0.15) is 0 Å². The fourth-order valence-corrected chi connectivity index (χ4v) is 1.56. The normalized spacial score (nSPS) is 11.3. The average molecular weight is 280 g/mol. The van der Waals surface area contributed by atoms with Crippen LogP contribution in [0.1, 0.15) is 26.3 Å². The second kappa shape index (κ2) is 6.52. The third kappa shape index (κ3) is 5.84. The number of hydrazine groups is 1. The van der Waals surface area contributed by atoms with Crippen molar-refractivity contribution >= 4 is 11.7 Å². The Bertz CT molecular complexity index is 478. The van der Waals surface area contributed by atoms with Gasteiger partial charge in [0.2, 0.25) is 0 Å². The van der Waals surface area contributed by atoms with Gasteiger partial charge in [0, 0.05) is 13.6 Å². The standard InChI is InChI=1S/C15H21FN2O2/c1-11(12-6-8-13(16)9-7-12)10-18(5)17-14(19)20-15(2,3)4/h6-9H,1,10H2,2-5H3,(H,17,19). The summed E-state index contributed by atoms with van der Waals surface area (Å²) in [7, 11) is 1.71. The molecule has 0 aromatic heterocycles. The van der Waals surface area contributed by atoms with Crippen LogP contribution in [0.4, 0.5) is 9.18 Å². The van der Waals surface area contributed by atoms with Gasteiger partial charge < -0.3 is 4.74 Å². The molecule has 0 saturated heterocycles. The van der Waals surface area contributed by atoms with Gasteiger partial charge in [-0.25, -0.2) is 14.2 Å². The zero-order chi connectivity index (χ0) is 15.3. The average Bonchev–Trinajstić information content (AvgIpc) is 2.26. The van der Waals surface area contributed by atoms with E-state index in [0.717, 1.165) is 11.1 Å². The van der Waals surface area contributed by atoms with Crippen LogP contribution in [0.5, 0.6) is 0 Å². The Morgan fingerprint density at radius 2 is 1.90 bits per heavy atom. The highest BCUT2D eigenvalue weighted by Gasteiger charge is 2.17. The van der Waals surface area contributed by atoms with E-state index < -0.39 is 11.7 Å². The number of nitrogens with zero attached hydrogens (tertiary/aromatic N) is 1. The number of hydrogen-bond donors (Lipinski definition) is 1. The first kappa shape index (κ1) is 16.2. The third-order valence-electron chi connectivity index (χ3n) is 2.36. The minimum absolute atomic E-state index is 0.290. The van der Waals surface area contributed by atoms with Crippen molar-refractivity contribution < 1.29 is 13.9 Å². The molecule has 0 saturated carbocycles. The van der Waals surface area contributed by atoms with Gasteiger partial charge in [0.1, 0.15) is 11.4 Å². The fraction of sp³-hybridized carbons (Fsp3) is 0.400. The minimum atomic E-state index is -0.543. The number of rotatable bonds is 4. The summed E-state index contributed by atoms with van der Waals surface area (Å²) in [6, 6.07) is 6.06. The zero-order valence-electron chi connectivity index (χ0n) is 12.4. The lowest BCUT2D eigenvalue weighted by Crippen LogP contribution is -2.43. The van der Waals surface area contributed by atoms with Gasteiger partial charge in [-0.3, -0.25) is 5.43 Å². The third-order valence-corrected chi connectivity index (χ3v) is 2.36. The lowest BCUT2D eigenvalue weighted by atomic mass is 10.1. The fourth-order valence-electron chi connectivity index (χ4n) is 1.56. The van der Waals surface area contributed by atoms with Crippen LogP contribution in [0.3, 0.4) is 0 Å². The molecule has 0 radical (unpaired) electrons. The van der Waals surface area contributed by atoms with Crippen LogP contribution in [0, 0.1) is 5.82 Å². The smallest absolute Gasteiger partial charge is 0.422 e. The van der Waals surface area contributed by atoms with Gasteiger partial charge in [-0.15, -0.1) is 0 Å². The van der Waals surface area contributed by atoms with Crippen LogP contribution in [-0.2, 0) is 4.74 Å². The number of hydrogen-bond acceptors (Lipinski definition) is 3. The molecule has 0 heterocycles. The van der Waals surface area contributed by atoms with Crippen molar-refractivity contribution in [3.63, 3.8) is 0 Å². The lowest BCUT2D eigenvalue weighted by molar-refractivity contribution is 0.0385. The molecule has 0 aliphatic carbocycles. The maximum absolute atomic E-state index is 12.8. The molecule has 1 aromatic rings. The van der Waals surface area contributed by atoms with Crippen molar-refractivity contribution in [3.05, 3.63) is 42.2 Å². The van der Waals surface area contributed by atoms with Crippen LogP contribution in [0.25, 0.3) is 5.57 Å². The van der Waals surface area contributed by atoms with Crippen molar-refractivity contribution in [1.29, 1.82) is 0 Å². The van der Waals surface area contributed by atoms with Crippen molar-refractivity contribution in [3.8, 4) is 0 Å². The van der Waals surface area contributed by atoms with Crippen molar-refractivity contribution in [2.24, 2.45) is 0 Å². The molecular formula is C15H21FN2O2. The van der Waals surface area contributed by atoms with Crippen LogP contribution < -0.4 is 5.43 Å². The topological polar surface area (TPSA) is 41.6 Å². The molecule has 0 bridgehead atoms. The number of carbonyl (C=O) groups excluding carboxylic acids is 1. The van der Waals surface area contributed by atoms with Crippen LogP contribution in [0.2, 0.25) is 0 Å².